The van der Waals surface area contributed by atoms with Gasteiger partial charge in [0, 0.05) is 5.56 Å². The fourth-order valence-electron chi connectivity index (χ4n) is 1.33. The highest BCUT2D eigenvalue weighted by Gasteiger charge is 2.17. The van der Waals surface area contributed by atoms with E-state index in [1.807, 2.05) is 0 Å². The van der Waals surface area contributed by atoms with Gasteiger partial charge in [-0.05, 0) is 18.2 Å². The minimum absolute atomic E-state index is 0.0225. The highest BCUT2D eigenvalue weighted by molar-refractivity contribution is 7.44. The number of nitrogens with one attached hydrogen (secondary N) is 1. The summed E-state index contributed by atoms with van der Waals surface area (Å²) in [5, 5.41) is 11.1. The van der Waals surface area contributed by atoms with Gasteiger partial charge in [-0.2, -0.15) is 0 Å². The molecule has 1 amide bonds. The minimum atomic E-state index is -1.85. The molecule has 0 radical (unpaired) electrons. The topological polar surface area (TPSA) is 92.7 Å². The van der Waals surface area contributed by atoms with Crippen LogP contribution in [0.4, 0.5) is 0 Å². The number of esters is 1. The maximum absolute atomic E-state index is 11.9. The summed E-state index contributed by atoms with van der Waals surface area (Å²) in [6, 6.07) is 8.34. The molecule has 0 heterocycles. The lowest BCUT2D eigenvalue weighted by molar-refractivity contribution is -0.136. The number of carbonyl (C=O) groups is 2. The van der Waals surface area contributed by atoms with Gasteiger partial charge in [-0.15, -0.1) is 0 Å². The summed E-state index contributed by atoms with van der Waals surface area (Å²) in [6.07, 6.45) is 0.778. The Morgan fingerprint density at radius 3 is 2.55 bits per heavy atom. The monoisotopic (exact) mass is 296 g/mol. The van der Waals surface area contributed by atoms with Gasteiger partial charge in [0.15, 0.2) is 6.16 Å². The van der Waals surface area contributed by atoms with Crippen molar-refractivity contribution in [3.8, 4) is 0 Å². The zero-order valence-electron chi connectivity index (χ0n) is 10.9. The van der Waals surface area contributed by atoms with Gasteiger partial charge in [0.25, 0.3) is 5.91 Å². The first-order chi connectivity index (χ1) is 9.58. The van der Waals surface area contributed by atoms with Crippen molar-refractivity contribution < 1.29 is 24.0 Å². The van der Waals surface area contributed by atoms with Crippen LogP contribution >= 0.6 is 7.80 Å². The average molecular weight is 296 g/mol. The van der Waals surface area contributed by atoms with E-state index >= 15 is 0 Å². The SMILES string of the molecule is COC(=O)C(=CC[P+](=O)CO)NC(=O)c1ccccc1. The first kappa shape index (κ1) is 16.0. The smallest absolute Gasteiger partial charge is 0.370 e. The number of hydrogen-bond donors (Lipinski definition) is 2. The van der Waals surface area contributed by atoms with E-state index in [2.05, 4.69) is 10.1 Å². The molecule has 1 rings (SSSR count). The van der Waals surface area contributed by atoms with E-state index in [9.17, 15) is 14.2 Å². The van der Waals surface area contributed by atoms with Gasteiger partial charge in [-0.1, -0.05) is 22.8 Å². The molecule has 0 aliphatic heterocycles. The van der Waals surface area contributed by atoms with Crippen LogP contribution in [-0.2, 0) is 14.1 Å². The van der Waals surface area contributed by atoms with E-state index < -0.39 is 26.0 Å². The van der Waals surface area contributed by atoms with Crippen LogP contribution < -0.4 is 5.32 Å². The van der Waals surface area contributed by atoms with Gasteiger partial charge >= 0.3 is 13.8 Å². The molecule has 0 saturated carbocycles. The minimum Gasteiger partial charge on any atom is -0.464 e. The number of ether oxygens (including phenoxy) is 1. The number of rotatable bonds is 6. The quantitative estimate of drug-likeness (QED) is 0.468. The van der Waals surface area contributed by atoms with Crippen LogP contribution in [-0.4, -0.2) is 36.6 Å². The Kier molecular flexibility index (Phi) is 6.56. The van der Waals surface area contributed by atoms with Crippen molar-refractivity contribution >= 4 is 19.7 Å². The second-order valence-electron chi connectivity index (χ2n) is 3.74. The molecule has 0 spiro atoms. The van der Waals surface area contributed by atoms with Crippen molar-refractivity contribution in [2.24, 2.45) is 0 Å². The molecule has 6 nitrogen and oxygen atoms in total. The van der Waals surface area contributed by atoms with E-state index in [4.69, 9.17) is 5.11 Å². The molecule has 0 aliphatic rings. The molecule has 106 valence electrons. The summed E-state index contributed by atoms with van der Waals surface area (Å²) in [7, 11) is -0.672. The van der Waals surface area contributed by atoms with Crippen molar-refractivity contribution in [2.75, 3.05) is 19.6 Å². The van der Waals surface area contributed by atoms with Gasteiger partial charge in [0.05, 0.1) is 7.11 Å². The zero-order chi connectivity index (χ0) is 15.0. The highest BCUT2D eigenvalue weighted by Crippen LogP contribution is 2.18. The third kappa shape index (κ3) is 4.91. The Morgan fingerprint density at radius 2 is 2.00 bits per heavy atom. The Hall–Kier alpha value is -2.04. The van der Waals surface area contributed by atoms with E-state index in [0.717, 1.165) is 0 Å². The van der Waals surface area contributed by atoms with E-state index in [-0.39, 0.29) is 11.9 Å². The van der Waals surface area contributed by atoms with Crippen LogP contribution in [0.15, 0.2) is 42.1 Å². The number of aliphatic hydroxyl groups is 1. The number of carbonyl (C=O) groups excluding carboxylic acids is 2. The molecule has 1 unspecified atom stereocenters. The molecule has 20 heavy (non-hydrogen) atoms. The van der Waals surface area contributed by atoms with Crippen molar-refractivity contribution in [1.29, 1.82) is 0 Å². The second-order valence-corrected chi connectivity index (χ2v) is 5.35. The number of amides is 1. The number of benzene rings is 1. The molecule has 7 heteroatoms. The third-order valence-electron chi connectivity index (χ3n) is 2.35. The largest absolute Gasteiger partial charge is 0.464 e. The predicted molar refractivity (Wildman–Crippen MR) is 73.6 cm³/mol. The lowest BCUT2D eigenvalue weighted by Crippen LogP contribution is -2.28. The predicted octanol–water partition coefficient (Wildman–Crippen LogP) is 1.25. The van der Waals surface area contributed by atoms with Gasteiger partial charge in [-0.3, -0.25) is 4.79 Å². The molecule has 0 saturated heterocycles. The molecule has 1 aromatic carbocycles. The molecular formula is C13H15NO5P+. The van der Waals surface area contributed by atoms with Crippen molar-refractivity contribution in [1.82, 2.24) is 5.32 Å². The van der Waals surface area contributed by atoms with Gasteiger partial charge < -0.3 is 15.2 Å². The average Bonchev–Trinajstić information content (AvgIpc) is 2.50. The number of allylic oxidation sites excluding steroid dienone is 1. The summed E-state index contributed by atoms with van der Waals surface area (Å²) < 4.78 is 15.7. The summed E-state index contributed by atoms with van der Waals surface area (Å²) in [4.78, 5) is 23.4. The fraction of sp³-hybridized carbons (Fsp3) is 0.231. The maximum Gasteiger partial charge on any atom is 0.370 e. The molecular weight excluding hydrogens is 281 g/mol. The summed E-state index contributed by atoms with van der Waals surface area (Å²) in [6.45, 7) is 0. The highest BCUT2D eigenvalue weighted by atomic mass is 31.1. The molecule has 2 N–H and O–H groups in total. The van der Waals surface area contributed by atoms with E-state index in [1.54, 1.807) is 30.3 Å². The van der Waals surface area contributed by atoms with Gasteiger partial charge in [0.1, 0.15) is 5.70 Å². The molecule has 0 aromatic heterocycles. The standard InChI is InChI=1S/C13H14NO5P/c1-19-13(17)11(7-8-20(18)9-15)14-12(16)10-5-3-2-4-6-10/h2-7,15H,8-9H2,1H3/p+1. The lowest BCUT2D eigenvalue weighted by Gasteiger charge is -2.07. The van der Waals surface area contributed by atoms with Gasteiger partial charge in [-0.25, -0.2) is 4.79 Å². The maximum atomic E-state index is 11.9. The third-order valence-corrected chi connectivity index (χ3v) is 3.25. The number of hydrogen-bond acceptors (Lipinski definition) is 5. The van der Waals surface area contributed by atoms with Crippen molar-refractivity contribution in [2.45, 2.75) is 0 Å². The summed E-state index contributed by atoms with van der Waals surface area (Å²) >= 11 is 0. The molecule has 1 atom stereocenters. The van der Waals surface area contributed by atoms with Crippen LogP contribution in [0.2, 0.25) is 0 Å². The van der Waals surface area contributed by atoms with Crippen molar-refractivity contribution in [3.63, 3.8) is 0 Å². The zero-order valence-corrected chi connectivity index (χ0v) is 11.8. The van der Waals surface area contributed by atoms with E-state index in [1.165, 1.54) is 13.2 Å². The summed E-state index contributed by atoms with van der Waals surface area (Å²) in [5.74, 6) is -1.21. The number of methoxy groups -OCH3 is 1. The van der Waals surface area contributed by atoms with E-state index in [0.29, 0.717) is 5.56 Å². The second kappa shape index (κ2) is 8.19. The van der Waals surface area contributed by atoms with Crippen LogP contribution in [0.5, 0.6) is 0 Å². The van der Waals surface area contributed by atoms with Crippen molar-refractivity contribution in [3.05, 3.63) is 47.7 Å². The number of aliphatic hydroxyl groups excluding tert-OH is 1. The Morgan fingerprint density at radius 1 is 1.35 bits per heavy atom. The first-order valence-electron chi connectivity index (χ1n) is 5.76. The van der Waals surface area contributed by atoms with Gasteiger partial charge in [0.2, 0.25) is 6.35 Å². The normalized spacial score (nSPS) is 11.7. The Balaban J connectivity index is 2.82. The molecule has 0 bridgehead atoms. The first-order valence-corrected chi connectivity index (χ1v) is 7.39. The summed E-state index contributed by atoms with van der Waals surface area (Å²) in [5.41, 5.74) is 0.284. The fourth-order valence-corrected chi connectivity index (χ4v) is 1.83. The molecule has 0 aliphatic carbocycles. The molecule has 1 aromatic rings. The van der Waals surface area contributed by atoms with Crippen LogP contribution in [0, 0.1) is 0 Å². The van der Waals surface area contributed by atoms with Crippen LogP contribution in [0.25, 0.3) is 0 Å². The lowest BCUT2D eigenvalue weighted by atomic mass is 10.2. The van der Waals surface area contributed by atoms with Crippen LogP contribution in [0.1, 0.15) is 10.4 Å². The Bertz CT molecular complexity index is 527. The van der Waals surface area contributed by atoms with Crippen LogP contribution in [0.3, 0.4) is 0 Å². The molecule has 0 fully saturated rings. The Labute approximate surface area is 117 Å².